The summed E-state index contributed by atoms with van der Waals surface area (Å²) in [7, 11) is 0. The van der Waals surface area contributed by atoms with E-state index in [9.17, 15) is 4.79 Å². The summed E-state index contributed by atoms with van der Waals surface area (Å²) in [6.45, 7) is 4.30. The minimum atomic E-state index is -0.000952. The van der Waals surface area contributed by atoms with Crippen LogP contribution in [0.4, 0.5) is 5.13 Å². The van der Waals surface area contributed by atoms with Crippen molar-refractivity contribution in [3.05, 3.63) is 34.6 Å². The number of imidazole rings is 1. The maximum absolute atomic E-state index is 12.4. The number of hydrogen-bond donors (Lipinski definition) is 2. The fourth-order valence-electron chi connectivity index (χ4n) is 4.17. The van der Waals surface area contributed by atoms with Gasteiger partial charge in [-0.3, -0.25) is 15.0 Å². The first-order valence-corrected chi connectivity index (χ1v) is 11.3. The second-order valence-corrected chi connectivity index (χ2v) is 9.32. The van der Waals surface area contributed by atoms with Crippen molar-refractivity contribution in [2.75, 3.05) is 25.0 Å². The van der Waals surface area contributed by atoms with Gasteiger partial charge in [0.05, 0.1) is 17.6 Å². The molecule has 1 aromatic carbocycles. The highest BCUT2D eigenvalue weighted by molar-refractivity contribution is 7.15. The van der Waals surface area contributed by atoms with Crippen LogP contribution >= 0.6 is 11.3 Å². The maximum Gasteiger partial charge on any atom is 0.240 e. The largest absolute Gasteiger partial charge is 0.342 e. The Labute approximate surface area is 173 Å². The number of hydrogen-bond acceptors (Lipinski definition) is 6. The van der Waals surface area contributed by atoms with E-state index < -0.39 is 0 Å². The molecule has 29 heavy (non-hydrogen) atoms. The van der Waals surface area contributed by atoms with E-state index in [0.29, 0.717) is 23.5 Å². The summed E-state index contributed by atoms with van der Waals surface area (Å²) in [5.41, 5.74) is 3.38. The zero-order valence-electron chi connectivity index (χ0n) is 16.6. The fraction of sp³-hybridized carbons (Fsp3) is 0.524. The number of nitrogens with one attached hydrogen (secondary N) is 2. The Balaban J connectivity index is 1.13. The van der Waals surface area contributed by atoms with Crippen molar-refractivity contribution in [3.63, 3.8) is 0 Å². The van der Waals surface area contributed by atoms with Crippen LogP contribution < -0.4 is 5.32 Å². The predicted molar refractivity (Wildman–Crippen MR) is 114 cm³/mol. The van der Waals surface area contributed by atoms with E-state index in [1.54, 1.807) is 0 Å². The highest BCUT2D eigenvalue weighted by atomic mass is 32.1. The van der Waals surface area contributed by atoms with Crippen LogP contribution in [0.2, 0.25) is 0 Å². The van der Waals surface area contributed by atoms with Crippen LogP contribution in [0.1, 0.15) is 60.3 Å². The molecule has 2 fully saturated rings. The number of carbonyl (C=O) groups is 1. The SMILES string of the molecule is Cc1ccc2nc(C3CCN(CC(=O)Nc4nnc(C5CCC5)s4)CC3)[nH]c2c1. The van der Waals surface area contributed by atoms with Crippen molar-refractivity contribution < 1.29 is 4.79 Å². The molecule has 1 aliphatic heterocycles. The molecule has 1 saturated carbocycles. The highest BCUT2D eigenvalue weighted by Crippen LogP contribution is 2.38. The van der Waals surface area contributed by atoms with E-state index in [4.69, 9.17) is 4.98 Å². The lowest BCUT2D eigenvalue weighted by atomic mass is 9.86. The molecular weight excluding hydrogens is 384 g/mol. The van der Waals surface area contributed by atoms with Crippen molar-refractivity contribution in [1.29, 1.82) is 0 Å². The molecule has 1 aliphatic carbocycles. The van der Waals surface area contributed by atoms with Gasteiger partial charge in [0.15, 0.2) is 0 Å². The van der Waals surface area contributed by atoms with E-state index in [1.165, 1.54) is 36.2 Å². The summed E-state index contributed by atoms with van der Waals surface area (Å²) in [6.07, 6.45) is 5.69. The summed E-state index contributed by atoms with van der Waals surface area (Å²) in [5.74, 6) is 2.06. The van der Waals surface area contributed by atoms with E-state index in [-0.39, 0.29) is 5.91 Å². The Morgan fingerprint density at radius 2 is 2.03 bits per heavy atom. The van der Waals surface area contributed by atoms with Crippen LogP contribution in [0, 0.1) is 6.92 Å². The number of carbonyl (C=O) groups excluding carboxylic acids is 1. The van der Waals surface area contributed by atoms with Gasteiger partial charge in [-0.15, -0.1) is 10.2 Å². The van der Waals surface area contributed by atoms with Gasteiger partial charge in [-0.25, -0.2) is 4.98 Å². The quantitative estimate of drug-likeness (QED) is 0.668. The first kappa shape index (κ1) is 18.7. The standard InChI is InChI=1S/C21H26N6OS/c1-13-5-6-16-17(11-13)23-19(22-16)14-7-9-27(10-8-14)12-18(28)24-21-26-25-20(29-21)15-3-2-4-15/h5-6,11,14-15H,2-4,7-10,12H2,1H3,(H,22,23)(H,24,26,28). The first-order chi connectivity index (χ1) is 14.1. The van der Waals surface area contributed by atoms with Crippen LogP contribution in [0.25, 0.3) is 11.0 Å². The monoisotopic (exact) mass is 410 g/mol. The van der Waals surface area contributed by atoms with Crippen molar-refractivity contribution in [2.45, 2.75) is 50.9 Å². The molecule has 2 aromatic heterocycles. The Morgan fingerprint density at radius 1 is 1.21 bits per heavy atom. The van der Waals surface area contributed by atoms with Crippen molar-refractivity contribution >= 4 is 33.4 Å². The number of aryl methyl sites for hydroxylation is 1. The van der Waals surface area contributed by atoms with Gasteiger partial charge in [0.1, 0.15) is 10.8 Å². The lowest BCUT2D eigenvalue weighted by molar-refractivity contribution is -0.117. The Hall–Kier alpha value is -2.32. The van der Waals surface area contributed by atoms with Gasteiger partial charge in [-0.05, 0) is 63.4 Å². The van der Waals surface area contributed by atoms with Crippen molar-refractivity contribution in [1.82, 2.24) is 25.1 Å². The smallest absolute Gasteiger partial charge is 0.240 e. The Kier molecular flexibility index (Phi) is 5.05. The number of amides is 1. The summed E-state index contributed by atoms with van der Waals surface area (Å²) in [5, 5.41) is 13.0. The number of benzene rings is 1. The molecule has 0 atom stereocenters. The van der Waals surface area contributed by atoms with E-state index in [1.807, 2.05) is 0 Å². The molecule has 0 spiro atoms. The number of anilines is 1. The number of fused-ring (bicyclic) bond motifs is 1. The van der Waals surface area contributed by atoms with Crippen LogP contribution in [0.3, 0.4) is 0 Å². The van der Waals surface area contributed by atoms with Gasteiger partial charge >= 0.3 is 0 Å². The average molecular weight is 411 g/mol. The number of H-pyrrole nitrogens is 1. The highest BCUT2D eigenvalue weighted by Gasteiger charge is 2.26. The topological polar surface area (TPSA) is 86.8 Å². The lowest BCUT2D eigenvalue weighted by Crippen LogP contribution is -2.38. The maximum atomic E-state index is 12.4. The number of piperidine rings is 1. The average Bonchev–Trinajstić information content (AvgIpc) is 3.27. The third kappa shape index (κ3) is 4.04. The van der Waals surface area contributed by atoms with Crippen molar-refractivity contribution in [2.24, 2.45) is 0 Å². The van der Waals surface area contributed by atoms with Crippen LogP contribution in [0.15, 0.2) is 18.2 Å². The van der Waals surface area contributed by atoms with Crippen LogP contribution in [0.5, 0.6) is 0 Å². The summed E-state index contributed by atoms with van der Waals surface area (Å²) in [6, 6.07) is 6.32. The van der Waals surface area contributed by atoms with Gasteiger partial charge < -0.3 is 4.98 Å². The first-order valence-electron chi connectivity index (χ1n) is 10.5. The fourth-order valence-corrected chi connectivity index (χ4v) is 5.10. The number of likely N-dealkylation sites (tertiary alicyclic amines) is 1. The zero-order valence-corrected chi connectivity index (χ0v) is 17.5. The molecule has 0 unspecified atom stereocenters. The minimum absolute atomic E-state index is 0.000952. The molecule has 152 valence electrons. The van der Waals surface area contributed by atoms with Gasteiger partial charge in [-0.2, -0.15) is 0 Å². The molecule has 1 amide bonds. The molecule has 3 heterocycles. The van der Waals surface area contributed by atoms with Gasteiger partial charge in [0.25, 0.3) is 0 Å². The van der Waals surface area contributed by atoms with Gasteiger partial charge in [0.2, 0.25) is 11.0 Å². The van der Waals surface area contributed by atoms with Gasteiger partial charge in [-0.1, -0.05) is 23.8 Å². The molecule has 0 bridgehead atoms. The summed E-state index contributed by atoms with van der Waals surface area (Å²) in [4.78, 5) is 22.9. The predicted octanol–water partition coefficient (Wildman–Crippen LogP) is 3.81. The molecule has 2 aliphatic rings. The molecule has 7 nitrogen and oxygen atoms in total. The zero-order chi connectivity index (χ0) is 19.8. The molecule has 8 heteroatoms. The molecule has 0 radical (unpaired) electrons. The Bertz CT molecular complexity index is 1020. The number of aromatic amines is 1. The second-order valence-electron chi connectivity index (χ2n) is 8.31. The molecule has 5 rings (SSSR count). The third-order valence-electron chi connectivity index (χ3n) is 6.14. The van der Waals surface area contributed by atoms with E-state index >= 15 is 0 Å². The lowest BCUT2D eigenvalue weighted by Gasteiger charge is -2.30. The summed E-state index contributed by atoms with van der Waals surface area (Å²) >= 11 is 1.52. The minimum Gasteiger partial charge on any atom is -0.342 e. The van der Waals surface area contributed by atoms with Gasteiger partial charge in [0, 0.05) is 11.8 Å². The summed E-state index contributed by atoms with van der Waals surface area (Å²) < 4.78 is 0. The third-order valence-corrected chi connectivity index (χ3v) is 7.14. The van der Waals surface area contributed by atoms with Crippen molar-refractivity contribution in [3.8, 4) is 0 Å². The number of nitrogens with zero attached hydrogens (tertiary/aromatic N) is 4. The second kappa shape index (κ2) is 7.84. The van der Waals surface area contributed by atoms with Crippen LogP contribution in [-0.2, 0) is 4.79 Å². The molecule has 1 saturated heterocycles. The molecule has 2 N–H and O–H groups in total. The molecule has 3 aromatic rings. The molecular formula is C21H26N6OS. The van der Waals surface area contributed by atoms with E-state index in [0.717, 1.165) is 47.8 Å². The Morgan fingerprint density at radius 3 is 2.79 bits per heavy atom. The number of aromatic nitrogens is 4. The normalized spacial score (nSPS) is 18.8. The van der Waals surface area contributed by atoms with Crippen LogP contribution in [-0.4, -0.2) is 50.6 Å². The number of rotatable bonds is 5. The van der Waals surface area contributed by atoms with E-state index in [2.05, 4.69) is 50.5 Å².